The molecule has 0 saturated heterocycles. The zero-order valence-electron chi connectivity index (χ0n) is 5.24. The van der Waals surface area contributed by atoms with Gasteiger partial charge >= 0.3 is 0 Å². The minimum Gasteiger partial charge on any atom is -0.330 e. The molecule has 1 aromatic rings. The van der Waals surface area contributed by atoms with Crippen molar-refractivity contribution in [3.05, 3.63) is 18.2 Å². The number of hydrogen-bond donors (Lipinski definition) is 0. The Morgan fingerprint density at radius 1 is 1.80 bits per heavy atom. The van der Waals surface area contributed by atoms with Gasteiger partial charge < -0.3 is 4.57 Å². The standard InChI is InChI=1S/C5H5ClN2O.ClH/c1-8-3-7-2-4(8)5(6)9;/h2-3H,1H3;1H. The molecule has 0 unspecified atom stereocenters. The molecule has 10 heavy (non-hydrogen) atoms. The summed E-state index contributed by atoms with van der Waals surface area (Å²) in [4.78, 5) is 14.1. The fourth-order valence-corrected chi connectivity index (χ4v) is 0.729. The number of imidazole rings is 1. The maximum Gasteiger partial charge on any atom is 0.270 e. The fraction of sp³-hybridized carbons (Fsp3) is 0.200. The van der Waals surface area contributed by atoms with Gasteiger partial charge in [-0.2, -0.15) is 0 Å². The van der Waals surface area contributed by atoms with E-state index in [2.05, 4.69) is 4.98 Å². The highest BCUT2D eigenvalue weighted by Crippen LogP contribution is 1.99. The lowest BCUT2D eigenvalue weighted by atomic mass is 10.5. The maximum absolute atomic E-state index is 10.4. The van der Waals surface area contributed by atoms with E-state index in [4.69, 9.17) is 11.6 Å². The summed E-state index contributed by atoms with van der Waals surface area (Å²) in [5.74, 6) is 0. The largest absolute Gasteiger partial charge is 0.330 e. The zero-order valence-corrected chi connectivity index (χ0v) is 6.82. The minimum atomic E-state index is -0.477. The second-order valence-electron chi connectivity index (χ2n) is 1.66. The number of halogens is 2. The lowest BCUT2D eigenvalue weighted by Gasteiger charge is -1.90. The molecule has 0 amide bonds. The van der Waals surface area contributed by atoms with E-state index < -0.39 is 5.24 Å². The Balaban J connectivity index is 0.000000810. The van der Waals surface area contributed by atoms with Crippen LogP contribution in [-0.4, -0.2) is 14.8 Å². The van der Waals surface area contributed by atoms with Crippen molar-refractivity contribution in [1.29, 1.82) is 0 Å². The first-order valence-electron chi connectivity index (χ1n) is 2.38. The topological polar surface area (TPSA) is 34.9 Å². The predicted molar refractivity (Wildman–Crippen MR) is 40.6 cm³/mol. The van der Waals surface area contributed by atoms with Gasteiger partial charge in [0.05, 0.1) is 12.5 Å². The van der Waals surface area contributed by atoms with Crippen LogP contribution in [0.1, 0.15) is 10.5 Å². The SMILES string of the molecule is Cl.Cn1cncc1C(=O)Cl. The average molecular weight is 181 g/mol. The molecule has 0 aromatic carbocycles. The Morgan fingerprint density at radius 2 is 2.40 bits per heavy atom. The number of aromatic nitrogens is 2. The summed E-state index contributed by atoms with van der Waals surface area (Å²) < 4.78 is 1.56. The Morgan fingerprint density at radius 3 is 2.60 bits per heavy atom. The van der Waals surface area contributed by atoms with Crippen LogP contribution in [0.2, 0.25) is 0 Å². The van der Waals surface area contributed by atoms with E-state index in [1.54, 1.807) is 11.6 Å². The second kappa shape index (κ2) is 3.58. The molecular formula is C5H6Cl2N2O. The van der Waals surface area contributed by atoms with Gasteiger partial charge in [-0.05, 0) is 11.6 Å². The third-order valence-corrected chi connectivity index (χ3v) is 1.21. The Labute approximate surface area is 69.4 Å². The number of nitrogens with zero attached hydrogens (tertiary/aromatic N) is 2. The lowest BCUT2D eigenvalue weighted by molar-refractivity contribution is 0.107. The molecular weight excluding hydrogens is 175 g/mol. The molecule has 0 aliphatic heterocycles. The summed E-state index contributed by atoms with van der Waals surface area (Å²) in [6.07, 6.45) is 2.95. The van der Waals surface area contributed by atoms with Gasteiger partial charge in [-0.15, -0.1) is 12.4 Å². The molecule has 3 nitrogen and oxygen atoms in total. The monoisotopic (exact) mass is 180 g/mol. The molecule has 0 aliphatic rings. The Bertz CT molecular complexity index is 233. The van der Waals surface area contributed by atoms with Crippen molar-refractivity contribution in [2.45, 2.75) is 0 Å². The highest BCUT2D eigenvalue weighted by Gasteiger charge is 2.03. The molecule has 1 rings (SSSR count). The summed E-state index contributed by atoms with van der Waals surface area (Å²) >= 11 is 5.15. The van der Waals surface area contributed by atoms with Gasteiger partial charge in [0.15, 0.2) is 0 Å². The molecule has 0 fully saturated rings. The smallest absolute Gasteiger partial charge is 0.270 e. The number of aryl methyl sites for hydroxylation is 1. The number of rotatable bonds is 1. The molecule has 0 radical (unpaired) electrons. The fourth-order valence-electron chi connectivity index (χ4n) is 0.547. The Kier molecular flexibility index (Phi) is 3.39. The molecule has 56 valence electrons. The van der Waals surface area contributed by atoms with Crippen LogP contribution in [-0.2, 0) is 7.05 Å². The zero-order chi connectivity index (χ0) is 6.85. The lowest BCUT2D eigenvalue weighted by Crippen LogP contribution is -1.97. The molecule has 0 spiro atoms. The first kappa shape index (κ1) is 9.46. The van der Waals surface area contributed by atoms with Crippen LogP contribution in [0.15, 0.2) is 12.5 Å². The van der Waals surface area contributed by atoms with Crippen molar-refractivity contribution in [2.24, 2.45) is 7.05 Å². The van der Waals surface area contributed by atoms with Gasteiger partial charge in [-0.25, -0.2) is 4.98 Å². The number of carbonyl (C=O) groups is 1. The first-order chi connectivity index (χ1) is 4.22. The highest BCUT2D eigenvalue weighted by atomic mass is 35.5. The van der Waals surface area contributed by atoms with Crippen LogP contribution in [0.3, 0.4) is 0 Å². The molecule has 5 heteroatoms. The maximum atomic E-state index is 10.4. The normalized spacial score (nSPS) is 8.60. The second-order valence-corrected chi connectivity index (χ2v) is 2.01. The van der Waals surface area contributed by atoms with E-state index in [0.29, 0.717) is 5.69 Å². The van der Waals surface area contributed by atoms with Crippen LogP contribution in [0.4, 0.5) is 0 Å². The quantitative estimate of drug-likeness (QED) is 0.610. The average Bonchev–Trinajstić information content (AvgIpc) is 2.13. The van der Waals surface area contributed by atoms with E-state index in [-0.39, 0.29) is 12.4 Å². The van der Waals surface area contributed by atoms with Crippen molar-refractivity contribution in [3.63, 3.8) is 0 Å². The third-order valence-electron chi connectivity index (χ3n) is 1.02. The van der Waals surface area contributed by atoms with Gasteiger partial charge in [-0.3, -0.25) is 4.79 Å². The number of carbonyl (C=O) groups excluding carboxylic acids is 1. The van der Waals surface area contributed by atoms with E-state index >= 15 is 0 Å². The van der Waals surface area contributed by atoms with E-state index in [9.17, 15) is 4.79 Å². The minimum absolute atomic E-state index is 0. The molecule has 0 aliphatic carbocycles. The molecule has 1 aromatic heterocycles. The van der Waals surface area contributed by atoms with Crippen molar-refractivity contribution >= 4 is 29.3 Å². The molecule has 1 heterocycles. The molecule has 0 bridgehead atoms. The van der Waals surface area contributed by atoms with Crippen LogP contribution in [0.5, 0.6) is 0 Å². The summed E-state index contributed by atoms with van der Waals surface area (Å²) in [6.45, 7) is 0. The van der Waals surface area contributed by atoms with E-state index in [1.807, 2.05) is 0 Å². The first-order valence-corrected chi connectivity index (χ1v) is 2.76. The van der Waals surface area contributed by atoms with Crippen LogP contribution in [0.25, 0.3) is 0 Å². The summed E-state index contributed by atoms with van der Waals surface area (Å²) in [5.41, 5.74) is 0.414. The third kappa shape index (κ3) is 1.72. The van der Waals surface area contributed by atoms with Crippen LogP contribution < -0.4 is 0 Å². The van der Waals surface area contributed by atoms with Crippen molar-refractivity contribution in [1.82, 2.24) is 9.55 Å². The molecule has 0 saturated carbocycles. The van der Waals surface area contributed by atoms with E-state index in [1.165, 1.54) is 12.5 Å². The van der Waals surface area contributed by atoms with Crippen molar-refractivity contribution in [2.75, 3.05) is 0 Å². The predicted octanol–water partition coefficient (Wildman–Crippen LogP) is 1.22. The Hall–Kier alpha value is -0.540. The van der Waals surface area contributed by atoms with Crippen molar-refractivity contribution < 1.29 is 4.79 Å². The summed E-state index contributed by atoms with van der Waals surface area (Å²) in [5, 5.41) is -0.477. The molecule has 0 N–H and O–H groups in total. The van der Waals surface area contributed by atoms with Gasteiger partial charge in [0.25, 0.3) is 5.24 Å². The van der Waals surface area contributed by atoms with Crippen molar-refractivity contribution in [3.8, 4) is 0 Å². The van der Waals surface area contributed by atoms with Gasteiger partial charge in [-0.1, -0.05) is 0 Å². The van der Waals surface area contributed by atoms with Gasteiger partial charge in [0.2, 0.25) is 0 Å². The summed E-state index contributed by atoms with van der Waals surface area (Å²) in [6, 6.07) is 0. The van der Waals surface area contributed by atoms with Crippen LogP contribution in [0, 0.1) is 0 Å². The van der Waals surface area contributed by atoms with Gasteiger partial charge in [0.1, 0.15) is 5.69 Å². The van der Waals surface area contributed by atoms with E-state index in [0.717, 1.165) is 0 Å². The molecule has 0 atom stereocenters. The number of hydrogen-bond acceptors (Lipinski definition) is 2. The summed E-state index contributed by atoms with van der Waals surface area (Å²) in [7, 11) is 1.71. The highest BCUT2D eigenvalue weighted by molar-refractivity contribution is 6.67. The van der Waals surface area contributed by atoms with Crippen LogP contribution >= 0.6 is 24.0 Å². The van der Waals surface area contributed by atoms with Gasteiger partial charge in [0, 0.05) is 7.05 Å².